The number of rotatable bonds is 6. The van der Waals surface area contributed by atoms with Crippen LogP contribution in [-0.2, 0) is 11.2 Å². The highest BCUT2D eigenvalue weighted by Crippen LogP contribution is 2.12. The predicted octanol–water partition coefficient (Wildman–Crippen LogP) is 2.52. The first-order valence-corrected chi connectivity index (χ1v) is 9.99. The largest absolute Gasteiger partial charge is 0.355 e. The SMILES string of the molecule is O=C(Cc1ccc(Cl)cc1)NCCN1CCN(C(=O)c2ccsc2)CC1. The molecule has 0 saturated carbocycles. The Hall–Kier alpha value is -1.89. The van der Waals surface area contributed by atoms with Gasteiger partial charge in [0.25, 0.3) is 5.91 Å². The molecule has 2 heterocycles. The van der Waals surface area contributed by atoms with E-state index in [4.69, 9.17) is 11.6 Å². The molecule has 2 aromatic rings. The van der Waals surface area contributed by atoms with Gasteiger partial charge in [-0.2, -0.15) is 11.3 Å². The third-order valence-electron chi connectivity index (χ3n) is 4.46. The van der Waals surface area contributed by atoms with Crippen LogP contribution in [0.3, 0.4) is 0 Å². The molecule has 0 radical (unpaired) electrons. The summed E-state index contributed by atoms with van der Waals surface area (Å²) in [4.78, 5) is 28.5. The van der Waals surface area contributed by atoms with Crippen LogP contribution in [0, 0.1) is 0 Å². The molecule has 2 amide bonds. The lowest BCUT2D eigenvalue weighted by Gasteiger charge is -2.34. The van der Waals surface area contributed by atoms with E-state index >= 15 is 0 Å². The van der Waals surface area contributed by atoms with Crippen molar-refractivity contribution in [1.82, 2.24) is 15.1 Å². The Morgan fingerprint density at radius 1 is 1.08 bits per heavy atom. The summed E-state index contributed by atoms with van der Waals surface area (Å²) >= 11 is 7.39. The van der Waals surface area contributed by atoms with Crippen molar-refractivity contribution in [2.45, 2.75) is 6.42 Å². The fourth-order valence-corrected chi connectivity index (χ4v) is 3.70. The summed E-state index contributed by atoms with van der Waals surface area (Å²) in [5.74, 6) is 0.126. The van der Waals surface area contributed by atoms with Gasteiger partial charge in [0, 0.05) is 49.7 Å². The molecular formula is C19H22ClN3O2S. The van der Waals surface area contributed by atoms with Crippen molar-refractivity contribution < 1.29 is 9.59 Å². The predicted molar refractivity (Wildman–Crippen MR) is 105 cm³/mol. The Bertz CT molecular complexity index is 726. The fourth-order valence-electron chi connectivity index (χ4n) is 2.95. The molecule has 1 aliphatic heterocycles. The van der Waals surface area contributed by atoms with Crippen LogP contribution in [-0.4, -0.2) is 60.9 Å². The monoisotopic (exact) mass is 391 g/mol. The number of nitrogens with zero attached hydrogens (tertiary/aromatic N) is 2. The van der Waals surface area contributed by atoms with E-state index < -0.39 is 0 Å². The second-order valence-corrected chi connectivity index (χ2v) is 7.52. The molecule has 1 N–H and O–H groups in total. The molecule has 1 aromatic heterocycles. The summed E-state index contributed by atoms with van der Waals surface area (Å²) in [5, 5.41) is 7.45. The van der Waals surface area contributed by atoms with Crippen LogP contribution in [0.2, 0.25) is 5.02 Å². The van der Waals surface area contributed by atoms with Crippen molar-refractivity contribution in [3.63, 3.8) is 0 Å². The molecule has 138 valence electrons. The van der Waals surface area contributed by atoms with Crippen LogP contribution in [0.15, 0.2) is 41.1 Å². The zero-order chi connectivity index (χ0) is 18.4. The second kappa shape index (κ2) is 9.16. The summed E-state index contributed by atoms with van der Waals surface area (Å²) < 4.78 is 0. The molecule has 0 spiro atoms. The summed E-state index contributed by atoms with van der Waals surface area (Å²) in [6.45, 7) is 4.55. The lowest BCUT2D eigenvalue weighted by Crippen LogP contribution is -2.50. The molecule has 1 saturated heterocycles. The number of piperazine rings is 1. The summed E-state index contributed by atoms with van der Waals surface area (Å²) in [6.07, 6.45) is 0.361. The van der Waals surface area contributed by atoms with E-state index in [-0.39, 0.29) is 11.8 Å². The number of benzene rings is 1. The number of halogens is 1. The Morgan fingerprint density at radius 2 is 1.81 bits per heavy atom. The van der Waals surface area contributed by atoms with Gasteiger partial charge >= 0.3 is 0 Å². The molecule has 0 atom stereocenters. The van der Waals surface area contributed by atoms with E-state index in [0.717, 1.165) is 43.9 Å². The number of nitrogens with one attached hydrogen (secondary N) is 1. The smallest absolute Gasteiger partial charge is 0.254 e. The van der Waals surface area contributed by atoms with Gasteiger partial charge in [-0.15, -0.1) is 0 Å². The Labute approximate surface area is 162 Å². The third-order valence-corrected chi connectivity index (χ3v) is 5.39. The van der Waals surface area contributed by atoms with Crippen LogP contribution in [0.1, 0.15) is 15.9 Å². The minimum Gasteiger partial charge on any atom is -0.355 e. The number of hydrogen-bond donors (Lipinski definition) is 1. The van der Waals surface area contributed by atoms with Crippen LogP contribution in [0.4, 0.5) is 0 Å². The van der Waals surface area contributed by atoms with Gasteiger partial charge in [-0.1, -0.05) is 23.7 Å². The fraction of sp³-hybridized carbons (Fsp3) is 0.368. The lowest BCUT2D eigenvalue weighted by atomic mass is 10.1. The van der Waals surface area contributed by atoms with Crippen LogP contribution in [0.25, 0.3) is 0 Å². The molecule has 0 unspecified atom stereocenters. The van der Waals surface area contributed by atoms with Gasteiger partial charge in [-0.3, -0.25) is 14.5 Å². The molecule has 26 heavy (non-hydrogen) atoms. The average Bonchev–Trinajstić information content (AvgIpc) is 3.18. The Kier molecular flexibility index (Phi) is 6.66. The maximum absolute atomic E-state index is 12.3. The minimum atomic E-state index is 0.0126. The van der Waals surface area contributed by atoms with Gasteiger partial charge in [0.2, 0.25) is 5.91 Å². The maximum atomic E-state index is 12.3. The van der Waals surface area contributed by atoms with Crippen molar-refractivity contribution in [3.05, 3.63) is 57.2 Å². The van der Waals surface area contributed by atoms with Crippen molar-refractivity contribution in [2.24, 2.45) is 0 Å². The minimum absolute atomic E-state index is 0.0126. The molecule has 1 fully saturated rings. The summed E-state index contributed by atoms with van der Waals surface area (Å²) in [7, 11) is 0. The normalized spacial score (nSPS) is 15.0. The molecule has 1 aromatic carbocycles. The van der Waals surface area contributed by atoms with Gasteiger partial charge < -0.3 is 10.2 Å². The molecule has 0 aliphatic carbocycles. The molecule has 0 bridgehead atoms. The topological polar surface area (TPSA) is 52.7 Å². The van der Waals surface area contributed by atoms with E-state index in [0.29, 0.717) is 18.0 Å². The highest BCUT2D eigenvalue weighted by molar-refractivity contribution is 7.08. The highest BCUT2D eigenvalue weighted by atomic mass is 35.5. The Morgan fingerprint density at radius 3 is 2.46 bits per heavy atom. The van der Waals surface area contributed by atoms with Gasteiger partial charge in [-0.05, 0) is 29.1 Å². The zero-order valence-corrected chi connectivity index (χ0v) is 16.1. The van der Waals surface area contributed by atoms with Crippen molar-refractivity contribution in [3.8, 4) is 0 Å². The second-order valence-electron chi connectivity index (χ2n) is 6.30. The summed E-state index contributed by atoms with van der Waals surface area (Å²) in [5.41, 5.74) is 1.73. The maximum Gasteiger partial charge on any atom is 0.254 e. The van der Waals surface area contributed by atoms with E-state index in [9.17, 15) is 9.59 Å². The van der Waals surface area contributed by atoms with Gasteiger partial charge in [0.15, 0.2) is 0 Å². The average molecular weight is 392 g/mol. The first-order valence-electron chi connectivity index (χ1n) is 8.67. The number of hydrogen-bond acceptors (Lipinski definition) is 4. The standard InChI is InChI=1S/C19H22ClN3O2S/c20-17-3-1-15(2-4-17)13-18(24)21-6-7-22-8-10-23(11-9-22)19(25)16-5-12-26-14-16/h1-5,12,14H,6-11,13H2,(H,21,24). The molecule has 7 heteroatoms. The van der Waals surface area contributed by atoms with E-state index in [1.807, 2.05) is 33.9 Å². The van der Waals surface area contributed by atoms with Crippen molar-refractivity contribution >= 4 is 34.8 Å². The van der Waals surface area contributed by atoms with Crippen molar-refractivity contribution in [1.29, 1.82) is 0 Å². The quantitative estimate of drug-likeness (QED) is 0.823. The van der Waals surface area contributed by atoms with Crippen LogP contribution >= 0.6 is 22.9 Å². The van der Waals surface area contributed by atoms with E-state index in [2.05, 4.69) is 10.2 Å². The van der Waals surface area contributed by atoms with Crippen LogP contribution < -0.4 is 5.32 Å². The number of carbonyl (C=O) groups is 2. The number of amides is 2. The molecule has 3 rings (SSSR count). The molecule has 5 nitrogen and oxygen atoms in total. The van der Waals surface area contributed by atoms with Gasteiger partial charge in [0.1, 0.15) is 0 Å². The van der Waals surface area contributed by atoms with Crippen LogP contribution in [0.5, 0.6) is 0 Å². The zero-order valence-electron chi connectivity index (χ0n) is 14.5. The van der Waals surface area contributed by atoms with E-state index in [1.54, 1.807) is 23.5 Å². The molecule has 1 aliphatic rings. The first-order chi connectivity index (χ1) is 12.6. The molecular weight excluding hydrogens is 370 g/mol. The first kappa shape index (κ1) is 18.9. The van der Waals surface area contributed by atoms with Gasteiger partial charge in [-0.25, -0.2) is 0 Å². The van der Waals surface area contributed by atoms with Gasteiger partial charge in [0.05, 0.1) is 12.0 Å². The highest BCUT2D eigenvalue weighted by Gasteiger charge is 2.22. The summed E-state index contributed by atoms with van der Waals surface area (Å²) in [6, 6.07) is 9.19. The number of thiophene rings is 1. The van der Waals surface area contributed by atoms with Crippen molar-refractivity contribution in [2.75, 3.05) is 39.3 Å². The van der Waals surface area contributed by atoms with E-state index in [1.165, 1.54) is 0 Å². The Balaban J connectivity index is 1.34. The number of carbonyl (C=O) groups excluding carboxylic acids is 2. The lowest BCUT2D eigenvalue weighted by molar-refractivity contribution is -0.120. The third kappa shape index (κ3) is 5.30.